The average Bonchev–Trinajstić information content (AvgIpc) is 2.27. The van der Waals surface area contributed by atoms with Crippen LogP contribution in [-0.2, 0) is 6.42 Å². The number of aryl methyl sites for hydroxylation is 1. The molecule has 0 aliphatic heterocycles. The smallest absolute Gasteiger partial charge is 0.247 e. The summed E-state index contributed by atoms with van der Waals surface area (Å²) in [5, 5.41) is 0.971. The summed E-state index contributed by atoms with van der Waals surface area (Å²) in [5.74, 6) is 0. The van der Waals surface area contributed by atoms with Gasteiger partial charge in [-0.15, -0.1) is 0 Å². The first-order chi connectivity index (χ1) is 7.61. The third-order valence-corrected chi connectivity index (χ3v) is 3.15. The molecule has 0 amide bonds. The van der Waals surface area contributed by atoms with E-state index in [0.717, 1.165) is 20.9 Å². The molecule has 2 aromatic rings. The summed E-state index contributed by atoms with van der Waals surface area (Å²) in [4.78, 5) is 3.97. The van der Waals surface area contributed by atoms with Gasteiger partial charge in [-0.25, -0.2) is 13.8 Å². The number of rotatable bonds is 2. The zero-order chi connectivity index (χ0) is 11.7. The summed E-state index contributed by atoms with van der Waals surface area (Å²) in [6.45, 7) is 1.96. The molecule has 1 nitrogen and oxygen atoms in total. The van der Waals surface area contributed by atoms with Crippen LogP contribution in [0.2, 0.25) is 0 Å². The SMILES string of the molecule is CCc1cc(C(F)F)nc2ccc(I)cc12. The third kappa shape index (κ3) is 2.16. The lowest BCUT2D eigenvalue weighted by molar-refractivity contribution is 0.146. The summed E-state index contributed by atoms with van der Waals surface area (Å²) in [7, 11) is 0. The average molecular weight is 333 g/mol. The summed E-state index contributed by atoms with van der Waals surface area (Å²) >= 11 is 2.21. The summed E-state index contributed by atoms with van der Waals surface area (Å²) in [6.07, 6.45) is -1.77. The molecule has 16 heavy (non-hydrogen) atoms. The highest BCUT2D eigenvalue weighted by atomic mass is 127. The van der Waals surface area contributed by atoms with Crippen molar-refractivity contribution >= 4 is 33.5 Å². The van der Waals surface area contributed by atoms with Crippen molar-refractivity contribution in [2.75, 3.05) is 0 Å². The third-order valence-electron chi connectivity index (χ3n) is 2.48. The number of pyridine rings is 1. The van der Waals surface area contributed by atoms with Gasteiger partial charge in [-0.3, -0.25) is 0 Å². The van der Waals surface area contributed by atoms with Crippen LogP contribution in [0.1, 0.15) is 24.6 Å². The molecule has 0 spiro atoms. The number of halogens is 3. The molecular weight excluding hydrogens is 323 g/mol. The number of hydrogen-bond acceptors (Lipinski definition) is 1. The van der Waals surface area contributed by atoms with Crippen molar-refractivity contribution in [2.45, 2.75) is 19.8 Å². The second-order valence-corrected chi connectivity index (χ2v) is 4.77. The van der Waals surface area contributed by atoms with E-state index in [1.807, 2.05) is 19.1 Å². The minimum Gasteiger partial charge on any atom is -0.247 e. The Morgan fingerprint density at radius 1 is 1.31 bits per heavy atom. The monoisotopic (exact) mass is 333 g/mol. The minimum atomic E-state index is -2.51. The normalized spacial score (nSPS) is 11.3. The topological polar surface area (TPSA) is 12.9 Å². The van der Waals surface area contributed by atoms with Crippen molar-refractivity contribution < 1.29 is 8.78 Å². The Bertz CT molecular complexity index is 526. The first kappa shape index (κ1) is 11.7. The zero-order valence-electron chi connectivity index (χ0n) is 8.67. The molecule has 1 aromatic carbocycles. The number of nitrogens with zero attached hydrogens (tertiary/aromatic N) is 1. The molecule has 0 saturated carbocycles. The van der Waals surface area contributed by atoms with Crippen molar-refractivity contribution in [3.05, 3.63) is 39.1 Å². The van der Waals surface area contributed by atoms with E-state index in [1.165, 1.54) is 6.07 Å². The molecule has 1 aromatic heterocycles. The van der Waals surface area contributed by atoms with Crippen LogP contribution in [0.4, 0.5) is 8.78 Å². The fraction of sp³-hybridized carbons (Fsp3) is 0.250. The van der Waals surface area contributed by atoms with Crippen molar-refractivity contribution in [3.8, 4) is 0 Å². The molecule has 0 aliphatic carbocycles. The van der Waals surface area contributed by atoms with Gasteiger partial charge < -0.3 is 0 Å². The predicted octanol–water partition coefficient (Wildman–Crippen LogP) is 4.34. The first-order valence-corrected chi connectivity index (χ1v) is 6.07. The molecule has 0 N–H and O–H groups in total. The lowest BCUT2D eigenvalue weighted by Crippen LogP contribution is -1.95. The Morgan fingerprint density at radius 3 is 2.69 bits per heavy atom. The summed E-state index contributed by atoms with van der Waals surface area (Å²) in [5.41, 5.74) is 1.44. The molecule has 0 bridgehead atoms. The number of alkyl halides is 2. The maximum absolute atomic E-state index is 12.6. The van der Waals surface area contributed by atoms with Crippen LogP contribution < -0.4 is 0 Å². The maximum atomic E-state index is 12.6. The van der Waals surface area contributed by atoms with E-state index in [0.29, 0.717) is 5.52 Å². The number of aromatic nitrogens is 1. The van der Waals surface area contributed by atoms with E-state index in [9.17, 15) is 8.78 Å². The highest BCUT2D eigenvalue weighted by molar-refractivity contribution is 14.1. The van der Waals surface area contributed by atoms with Crippen LogP contribution in [0.15, 0.2) is 24.3 Å². The first-order valence-electron chi connectivity index (χ1n) is 4.99. The van der Waals surface area contributed by atoms with Gasteiger partial charge in [0.1, 0.15) is 5.69 Å². The number of hydrogen-bond donors (Lipinski definition) is 0. The van der Waals surface area contributed by atoms with Crippen LogP contribution in [-0.4, -0.2) is 4.98 Å². The van der Waals surface area contributed by atoms with Gasteiger partial charge in [-0.1, -0.05) is 6.92 Å². The van der Waals surface area contributed by atoms with Crippen molar-refractivity contribution in [3.63, 3.8) is 0 Å². The van der Waals surface area contributed by atoms with Gasteiger partial charge in [0.25, 0.3) is 6.43 Å². The predicted molar refractivity (Wildman–Crippen MR) is 68.8 cm³/mol. The fourth-order valence-electron chi connectivity index (χ4n) is 1.69. The molecule has 0 saturated heterocycles. The quantitative estimate of drug-likeness (QED) is 0.745. The zero-order valence-corrected chi connectivity index (χ0v) is 10.8. The van der Waals surface area contributed by atoms with Gasteiger partial charge in [0.05, 0.1) is 5.52 Å². The minimum absolute atomic E-state index is 0.134. The molecule has 0 radical (unpaired) electrons. The van der Waals surface area contributed by atoms with Gasteiger partial charge >= 0.3 is 0 Å². The highest BCUT2D eigenvalue weighted by Crippen LogP contribution is 2.25. The Hall–Kier alpha value is -0.780. The largest absolute Gasteiger partial charge is 0.280 e. The fourth-order valence-corrected chi connectivity index (χ4v) is 2.19. The molecule has 0 unspecified atom stereocenters. The highest BCUT2D eigenvalue weighted by Gasteiger charge is 2.12. The van der Waals surface area contributed by atoms with Crippen molar-refractivity contribution in [1.29, 1.82) is 0 Å². The van der Waals surface area contributed by atoms with E-state index in [4.69, 9.17) is 0 Å². The van der Waals surface area contributed by atoms with Crippen molar-refractivity contribution in [2.24, 2.45) is 0 Å². The van der Waals surface area contributed by atoms with Crippen LogP contribution in [0.25, 0.3) is 10.9 Å². The molecule has 0 atom stereocenters. The van der Waals surface area contributed by atoms with Gasteiger partial charge in [-0.2, -0.15) is 0 Å². The maximum Gasteiger partial charge on any atom is 0.280 e. The summed E-state index contributed by atoms with van der Waals surface area (Å²) < 4.78 is 26.3. The van der Waals surface area contributed by atoms with Crippen LogP contribution in [0.5, 0.6) is 0 Å². The van der Waals surface area contributed by atoms with Gasteiger partial charge in [0.15, 0.2) is 0 Å². The van der Waals surface area contributed by atoms with Crippen molar-refractivity contribution in [1.82, 2.24) is 4.98 Å². The molecular formula is C12H10F2IN. The molecule has 0 aliphatic rings. The molecule has 1 heterocycles. The second kappa shape index (κ2) is 4.61. The Labute approximate surface area is 106 Å². The Kier molecular flexibility index (Phi) is 3.37. The lowest BCUT2D eigenvalue weighted by Gasteiger charge is -2.07. The second-order valence-electron chi connectivity index (χ2n) is 3.52. The molecule has 0 fully saturated rings. The Morgan fingerprint density at radius 2 is 2.06 bits per heavy atom. The lowest BCUT2D eigenvalue weighted by atomic mass is 10.1. The van der Waals surface area contributed by atoms with E-state index in [1.54, 1.807) is 6.07 Å². The number of benzene rings is 1. The number of fused-ring (bicyclic) bond motifs is 1. The van der Waals surface area contributed by atoms with Gasteiger partial charge in [-0.05, 0) is 58.8 Å². The van der Waals surface area contributed by atoms with E-state index in [2.05, 4.69) is 27.6 Å². The van der Waals surface area contributed by atoms with Gasteiger partial charge in [0, 0.05) is 8.96 Å². The van der Waals surface area contributed by atoms with E-state index < -0.39 is 6.43 Å². The Balaban J connectivity index is 2.73. The van der Waals surface area contributed by atoms with Crippen LogP contribution >= 0.6 is 22.6 Å². The van der Waals surface area contributed by atoms with Crippen LogP contribution in [0, 0.1) is 3.57 Å². The van der Waals surface area contributed by atoms with E-state index in [-0.39, 0.29) is 5.69 Å². The molecule has 4 heteroatoms. The summed E-state index contributed by atoms with van der Waals surface area (Å²) in [6, 6.07) is 7.16. The van der Waals surface area contributed by atoms with Gasteiger partial charge in [0.2, 0.25) is 0 Å². The standard InChI is InChI=1S/C12H10F2IN/c1-2-7-5-11(12(13)14)16-10-4-3-8(15)6-9(7)10/h3-6,12H,2H2,1H3. The van der Waals surface area contributed by atoms with E-state index >= 15 is 0 Å². The molecule has 2 rings (SSSR count). The molecule has 84 valence electrons. The van der Waals surface area contributed by atoms with Crippen LogP contribution in [0.3, 0.4) is 0 Å².